The van der Waals surface area contributed by atoms with Gasteiger partial charge in [-0.05, 0) is 30.2 Å². The first kappa shape index (κ1) is 20.5. The Bertz CT molecular complexity index is 1160. The van der Waals surface area contributed by atoms with Gasteiger partial charge in [0.15, 0.2) is 5.78 Å². The average molecular weight is 428 g/mol. The van der Waals surface area contributed by atoms with Gasteiger partial charge in [-0.1, -0.05) is 72.3 Å². The van der Waals surface area contributed by atoms with Crippen molar-refractivity contribution in [2.45, 2.75) is 24.9 Å². The summed E-state index contributed by atoms with van der Waals surface area (Å²) in [5.41, 5.74) is 2.49. The molecule has 1 saturated heterocycles. The number of benzene rings is 3. The summed E-state index contributed by atoms with van der Waals surface area (Å²) in [6, 6.07) is 24.0. The molecule has 32 heavy (non-hydrogen) atoms. The predicted octanol–water partition coefficient (Wildman–Crippen LogP) is 4.23. The van der Waals surface area contributed by atoms with E-state index in [-0.39, 0.29) is 18.4 Å². The number of nitrogens with one attached hydrogen (secondary N) is 1. The van der Waals surface area contributed by atoms with E-state index in [4.69, 9.17) is 9.47 Å². The Morgan fingerprint density at radius 2 is 1.66 bits per heavy atom. The third kappa shape index (κ3) is 3.04. The molecule has 3 aromatic carbocycles. The van der Waals surface area contributed by atoms with Crippen LogP contribution in [0.25, 0.3) is 0 Å². The number of aryl methyl sites for hydroxylation is 1. The number of para-hydroxylation sites is 1. The highest BCUT2D eigenvalue weighted by molar-refractivity contribution is 6.06. The Morgan fingerprint density at radius 1 is 0.969 bits per heavy atom. The number of hydrogen-bond donors (Lipinski definition) is 1. The number of esters is 1. The quantitative estimate of drug-likeness (QED) is 0.634. The minimum Gasteiger partial charge on any atom is -0.492 e. The van der Waals surface area contributed by atoms with Crippen LogP contribution in [0, 0.1) is 12.3 Å². The standard InChI is InChI=1S/C27H25NO4/c1-17-12-14-18(15-13-17)22-23(26(30)31-2)28-24(19-8-4-3-5-9-19)27(22)16-32-21-11-7-6-10-20(21)25(27)29/h3-15,22-24,28H,16H2,1-2H3/t22-,23+,24+,27+/m1/s1. The van der Waals surface area contributed by atoms with Crippen molar-refractivity contribution in [3.8, 4) is 5.75 Å². The smallest absolute Gasteiger partial charge is 0.323 e. The third-order valence-electron chi connectivity index (χ3n) is 6.80. The highest BCUT2D eigenvalue weighted by atomic mass is 16.5. The molecule has 0 aromatic heterocycles. The molecule has 0 amide bonds. The van der Waals surface area contributed by atoms with Crippen LogP contribution in [-0.2, 0) is 9.53 Å². The molecular weight excluding hydrogens is 402 g/mol. The number of carbonyl (C=O) groups excluding carboxylic acids is 2. The Kier molecular flexibility index (Phi) is 5.06. The van der Waals surface area contributed by atoms with E-state index >= 15 is 0 Å². The van der Waals surface area contributed by atoms with Crippen LogP contribution in [-0.4, -0.2) is 31.5 Å². The summed E-state index contributed by atoms with van der Waals surface area (Å²) < 4.78 is 11.4. The average Bonchev–Trinajstić information content (AvgIpc) is 3.18. The number of fused-ring (bicyclic) bond motifs is 1. The molecule has 162 valence electrons. The lowest BCUT2D eigenvalue weighted by Crippen LogP contribution is -2.48. The monoisotopic (exact) mass is 427 g/mol. The van der Waals surface area contributed by atoms with E-state index in [1.165, 1.54) is 7.11 Å². The predicted molar refractivity (Wildman–Crippen MR) is 121 cm³/mol. The second kappa shape index (κ2) is 7.92. The lowest BCUT2D eigenvalue weighted by atomic mass is 9.62. The van der Waals surface area contributed by atoms with Crippen molar-refractivity contribution in [3.05, 3.63) is 101 Å². The Balaban J connectivity index is 1.75. The normalized spacial score (nSPS) is 26.4. The molecule has 0 bridgehead atoms. The molecule has 0 radical (unpaired) electrons. The fourth-order valence-electron chi connectivity index (χ4n) is 5.27. The number of methoxy groups -OCH3 is 1. The van der Waals surface area contributed by atoms with E-state index in [2.05, 4.69) is 5.32 Å². The van der Waals surface area contributed by atoms with Gasteiger partial charge in [-0.15, -0.1) is 0 Å². The Labute approximate surface area is 187 Å². The van der Waals surface area contributed by atoms with Gasteiger partial charge in [-0.3, -0.25) is 14.9 Å². The summed E-state index contributed by atoms with van der Waals surface area (Å²) in [4.78, 5) is 27.2. The molecular formula is C27H25NO4. The first-order valence-corrected chi connectivity index (χ1v) is 10.8. The Morgan fingerprint density at radius 3 is 2.38 bits per heavy atom. The molecule has 5 nitrogen and oxygen atoms in total. The molecule has 3 aromatic rings. The van der Waals surface area contributed by atoms with E-state index in [1.54, 1.807) is 6.07 Å². The molecule has 0 aliphatic carbocycles. The molecule has 1 spiro atoms. The van der Waals surface area contributed by atoms with Crippen LogP contribution in [0.4, 0.5) is 0 Å². The van der Waals surface area contributed by atoms with Crippen LogP contribution in [0.2, 0.25) is 0 Å². The van der Waals surface area contributed by atoms with Crippen LogP contribution in [0.15, 0.2) is 78.9 Å². The van der Waals surface area contributed by atoms with Gasteiger partial charge in [0.05, 0.1) is 18.1 Å². The summed E-state index contributed by atoms with van der Waals surface area (Å²) in [6.45, 7) is 2.18. The van der Waals surface area contributed by atoms with E-state index in [9.17, 15) is 9.59 Å². The van der Waals surface area contributed by atoms with Crippen molar-refractivity contribution in [2.75, 3.05) is 13.7 Å². The minimum absolute atomic E-state index is 0.0160. The zero-order chi connectivity index (χ0) is 22.3. The summed E-state index contributed by atoms with van der Waals surface area (Å²) in [7, 11) is 1.38. The van der Waals surface area contributed by atoms with Crippen LogP contribution < -0.4 is 10.1 Å². The molecule has 2 aliphatic heterocycles. The fraction of sp³-hybridized carbons (Fsp3) is 0.259. The molecule has 4 atom stereocenters. The summed E-state index contributed by atoms with van der Waals surface area (Å²) >= 11 is 0. The van der Waals surface area contributed by atoms with Gasteiger partial charge in [-0.25, -0.2) is 0 Å². The van der Waals surface area contributed by atoms with Crippen LogP contribution in [0.1, 0.15) is 39.0 Å². The van der Waals surface area contributed by atoms with Crippen LogP contribution in [0.3, 0.4) is 0 Å². The zero-order valence-corrected chi connectivity index (χ0v) is 18.1. The Hall–Kier alpha value is -3.44. The van der Waals surface area contributed by atoms with Gasteiger partial charge in [0.2, 0.25) is 0 Å². The van der Waals surface area contributed by atoms with Crippen molar-refractivity contribution >= 4 is 11.8 Å². The van der Waals surface area contributed by atoms with Crippen molar-refractivity contribution in [1.82, 2.24) is 5.32 Å². The molecule has 1 N–H and O–H groups in total. The maximum Gasteiger partial charge on any atom is 0.323 e. The van der Waals surface area contributed by atoms with Crippen molar-refractivity contribution < 1.29 is 19.1 Å². The molecule has 5 heteroatoms. The van der Waals surface area contributed by atoms with Gasteiger partial charge in [-0.2, -0.15) is 0 Å². The van der Waals surface area contributed by atoms with E-state index in [0.717, 1.165) is 16.7 Å². The van der Waals surface area contributed by atoms with Crippen LogP contribution in [0.5, 0.6) is 5.75 Å². The number of ether oxygens (including phenoxy) is 2. The van der Waals surface area contributed by atoms with Crippen molar-refractivity contribution in [2.24, 2.45) is 5.41 Å². The molecule has 0 unspecified atom stereocenters. The number of carbonyl (C=O) groups is 2. The lowest BCUT2D eigenvalue weighted by Gasteiger charge is -2.41. The number of rotatable bonds is 3. The largest absolute Gasteiger partial charge is 0.492 e. The zero-order valence-electron chi connectivity index (χ0n) is 18.1. The summed E-state index contributed by atoms with van der Waals surface area (Å²) in [5, 5.41) is 3.47. The lowest BCUT2D eigenvalue weighted by molar-refractivity contribution is -0.143. The van der Waals surface area contributed by atoms with Crippen LogP contribution >= 0.6 is 0 Å². The maximum absolute atomic E-state index is 14.3. The van der Waals surface area contributed by atoms with Crippen molar-refractivity contribution in [3.63, 3.8) is 0 Å². The number of ketones is 1. The third-order valence-corrected chi connectivity index (χ3v) is 6.80. The maximum atomic E-state index is 14.3. The second-order valence-corrected chi connectivity index (χ2v) is 8.55. The number of hydrogen-bond acceptors (Lipinski definition) is 5. The molecule has 2 heterocycles. The second-order valence-electron chi connectivity index (χ2n) is 8.55. The SMILES string of the molecule is COC(=O)[C@H]1N[C@@H](c2ccccc2)[C@]2(COc3ccccc3C2=O)[C@@H]1c1ccc(C)cc1. The molecule has 5 rings (SSSR count). The summed E-state index contributed by atoms with van der Waals surface area (Å²) in [5.74, 6) is -0.279. The highest BCUT2D eigenvalue weighted by Gasteiger charge is 2.64. The minimum atomic E-state index is -1.01. The molecule has 2 aliphatic rings. The topological polar surface area (TPSA) is 64.6 Å². The number of Topliss-reactive ketones (excluding diaryl/α,β-unsaturated/α-hetero) is 1. The summed E-state index contributed by atoms with van der Waals surface area (Å²) in [6.07, 6.45) is 0. The first-order chi connectivity index (χ1) is 15.6. The van der Waals surface area contributed by atoms with Gasteiger partial charge in [0.25, 0.3) is 0 Å². The van der Waals surface area contributed by atoms with Gasteiger partial charge in [0, 0.05) is 12.0 Å². The van der Waals surface area contributed by atoms with Gasteiger partial charge in [0.1, 0.15) is 18.4 Å². The fourth-order valence-corrected chi connectivity index (χ4v) is 5.27. The highest BCUT2D eigenvalue weighted by Crippen LogP contribution is 2.57. The van der Waals surface area contributed by atoms with E-state index in [0.29, 0.717) is 11.3 Å². The first-order valence-electron chi connectivity index (χ1n) is 10.8. The molecule has 0 saturated carbocycles. The van der Waals surface area contributed by atoms with Gasteiger partial charge >= 0.3 is 5.97 Å². The molecule has 1 fully saturated rings. The van der Waals surface area contributed by atoms with E-state index < -0.39 is 23.4 Å². The van der Waals surface area contributed by atoms with Crippen molar-refractivity contribution in [1.29, 1.82) is 0 Å². The van der Waals surface area contributed by atoms with E-state index in [1.807, 2.05) is 79.7 Å². The van der Waals surface area contributed by atoms with Gasteiger partial charge < -0.3 is 9.47 Å².